The van der Waals surface area contributed by atoms with E-state index in [0.717, 1.165) is 12.2 Å². The number of hydrogen-bond acceptors (Lipinski definition) is 3. The molecule has 1 fully saturated rings. The molecule has 1 aromatic rings. The lowest BCUT2D eigenvalue weighted by Gasteiger charge is -2.26. The van der Waals surface area contributed by atoms with Crippen LogP contribution in [-0.2, 0) is 4.79 Å². The second-order valence-electron chi connectivity index (χ2n) is 5.25. The van der Waals surface area contributed by atoms with E-state index < -0.39 is 0 Å². The first-order valence-corrected chi connectivity index (χ1v) is 8.55. The number of halogens is 1. The summed E-state index contributed by atoms with van der Waals surface area (Å²) in [6, 6.07) is 7.15. The van der Waals surface area contributed by atoms with Crippen LogP contribution in [0, 0.1) is 0 Å². The van der Waals surface area contributed by atoms with Gasteiger partial charge in [0.05, 0.1) is 6.54 Å². The zero-order valence-corrected chi connectivity index (χ0v) is 13.3. The Morgan fingerprint density at radius 1 is 1.30 bits per heavy atom. The fourth-order valence-electron chi connectivity index (χ4n) is 2.61. The van der Waals surface area contributed by atoms with Gasteiger partial charge >= 0.3 is 0 Å². The molecule has 0 aromatic heterocycles. The average Bonchev–Trinajstić information content (AvgIpc) is 2.91. The molecule has 1 aromatic carbocycles. The van der Waals surface area contributed by atoms with Crippen molar-refractivity contribution in [2.75, 3.05) is 24.7 Å². The molecule has 0 radical (unpaired) electrons. The largest absolute Gasteiger partial charge is 0.325 e. The van der Waals surface area contributed by atoms with Crippen LogP contribution in [0.5, 0.6) is 0 Å². The topological polar surface area (TPSA) is 41.1 Å². The van der Waals surface area contributed by atoms with Crippen molar-refractivity contribution in [3.05, 3.63) is 29.3 Å². The van der Waals surface area contributed by atoms with Crippen molar-refractivity contribution < 1.29 is 4.79 Å². The highest BCUT2D eigenvalue weighted by Crippen LogP contribution is 2.39. The standard InChI is InChI=1S/C15H21ClN2OS/c1-20-15(8-2-3-9-15)11-17-10-14(19)18-13-6-4-12(16)5-7-13/h4-7,17H,2-3,8-11H2,1H3,(H,18,19). The van der Waals surface area contributed by atoms with Gasteiger partial charge in [-0.1, -0.05) is 24.4 Å². The molecule has 0 aliphatic heterocycles. The van der Waals surface area contributed by atoms with E-state index in [2.05, 4.69) is 16.9 Å². The van der Waals surface area contributed by atoms with Gasteiger partial charge in [-0.3, -0.25) is 4.79 Å². The summed E-state index contributed by atoms with van der Waals surface area (Å²) in [5.74, 6) is -0.0124. The lowest BCUT2D eigenvalue weighted by Crippen LogP contribution is -2.39. The molecule has 0 heterocycles. The zero-order valence-electron chi connectivity index (χ0n) is 11.7. The molecule has 1 aliphatic carbocycles. The quantitative estimate of drug-likeness (QED) is 0.844. The third-order valence-corrected chi connectivity index (χ3v) is 5.48. The Labute approximate surface area is 129 Å². The summed E-state index contributed by atoms with van der Waals surface area (Å²) in [5.41, 5.74) is 0.779. The van der Waals surface area contributed by atoms with Crippen molar-refractivity contribution in [3.63, 3.8) is 0 Å². The van der Waals surface area contributed by atoms with Crippen molar-refractivity contribution in [1.82, 2.24) is 5.32 Å². The summed E-state index contributed by atoms with van der Waals surface area (Å²) >= 11 is 7.74. The lowest BCUT2D eigenvalue weighted by atomic mass is 10.1. The molecule has 1 saturated carbocycles. The van der Waals surface area contributed by atoms with Gasteiger partial charge in [-0.2, -0.15) is 11.8 Å². The molecule has 0 unspecified atom stereocenters. The molecule has 1 amide bonds. The van der Waals surface area contributed by atoms with E-state index >= 15 is 0 Å². The van der Waals surface area contributed by atoms with Gasteiger partial charge in [0, 0.05) is 22.0 Å². The van der Waals surface area contributed by atoms with Crippen LogP contribution in [0.25, 0.3) is 0 Å². The van der Waals surface area contributed by atoms with Gasteiger partial charge in [-0.05, 0) is 43.4 Å². The molecule has 0 bridgehead atoms. The Morgan fingerprint density at radius 3 is 2.55 bits per heavy atom. The Balaban J connectivity index is 1.73. The number of benzene rings is 1. The van der Waals surface area contributed by atoms with Crippen LogP contribution in [0.1, 0.15) is 25.7 Å². The van der Waals surface area contributed by atoms with Crippen LogP contribution in [0.3, 0.4) is 0 Å². The number of hydrogen-bond donors (Lipinski definition) is 2. The molecule has 2 N–H and O–H groups in total. The van der Waals surface area contributed by atoms with Gasteiger partial charge in [-0.15, -0.1) is 0 Å². The normalized spacial score (nSPS) is 17.1. The van der Waals surface area contributed by atoms with E-state index in [0.29, 0.717) is 16.3 Å². The maximum Gasteiger partial charge on any atom is 0.238 e. The zero-order chi connectivity index (χ0) is 14.4. The maximum atomic E-state index is 11.9. The Kier molecular flexibility index (Phi) is 5.75. The lowest BCUT2D eigenvalue weighted by molar-refractivity contribution is -0.115. The predicted molar refractivity (Wildman–Crippen MR) is 87.7 cm³/mol. The number of anilines is 1. The fourth-order valence-corrected chi connectivity index (χ4v) is 3.68. The van der Waals surface area contributed by atoms with Crippen molar-refractivity contribution in [1.29, 1.82) is 0 Å². The van der Waals surface area contributed by atoms with E-state index in [9.17, 15) is 4.79 Å². The van der Waals surface area contributed by atoms with Gasteiger partial charge in [0.15, 0.2) is 0 Å². The Bertz CT molecular complexity index is 444. The number of carbonyl (C=O) groups excluding carboxylic acids is 1. The number of nitrogens with one attached hydrogen (secondary N) is 2. The average molecular weight is 313 g/mol. The minimum Gasteiger partial charge on any atom is -0.325 e. The molecule has 0 spiro atoms. The van der Waals surface area contributed by atoms with Crippen LogP contribution in [0.4, 0.5) is 5.69 Å². The van der Waals surface area contributed by atoms with E-state index in [-0.39, 0.29) is 5.91 Å². The van der Waals surface area contributed by atoms with Crippen molar-refractivity contribution in [3.8, 4) is 0 Å². The summed E-state index contributed by atoms with van der Waals surface area (Å²) in [5, 5.41) is 6.82. The van der Waals surface area contributed by atoms with Crippen LogP contribution < -0.4 is 10.6 Å². The highest BCUT2D eigenvalue weighted by atomic mass is 35.5. The third-order valence-electron chi connectivity index (χ3n) is 3.81. The fraction of sp³-hybridized carbons (Fsp3) is 0.533. The van der Waals surface area contributed by atoms with Gasteiger partial charge in [0.25, 0.3) is 0 Å². The molecule has 3 nitrogen and oxygen atoms in total. The number of carbonyl (C=O) groups is 1. The minimum atomic E-state index is -0.0124. The Morgan fingerprint density at radius 2 is 1.95 bits per heavy atom. The molecule has 0 saturated heterocycles. The second-order valence-corrected chi connectivity index (χ2v) is 6.96. The maximum absolute atomic E-state index is 11.9. The van der Waals surface area contributed by atoms with E-state index in [4.69, 9.17) is 11.6 Å². The number of rotatable bonds is 6. The van der Waals surface area contributed by atoms with Gasteiger partial charge in [0.2, 0.25) is 5.91 Å². The van der Waals surface area contributed by atoms with Crippen LogP contribution in [0.15, 0.2) is 24.3 Å². The van der Waals surface area contributed by atoms with Gasteiger partial charge in [0.1, 0.15) is 0 Å². The third kappa shape index (κ3) is 4.40. The Hall–Kier alpha value is -0.710. The SMILES string of the molecule is CSC1(CNCC(=O)Nc2ccc(Cl)cc2)CCCC1. The molecule has 20 heavy (non-hydrogen) atoms. The molecular weight excluding hydrogens is 292 g/mol. The monoisotopic (exact) mass is 312 g/mol. The second kappa shape index (κ2) is 7.34. The van der Waals surface area contributed by atoms with E-state index in [1.807, 2.05) is 11.8 Å². The number of amides is 1. The molecule has 0 atom stereocenters. The van der Waals surface area contributed by atoms with Gasteiger partial charge in [-0.25, -0.2) is 0 Å². The summed E-state index contributed by atoms with van der Waals surface area (Å²) in [4.78, 5) is 11.9. The summed E-state index contributed by atoms with van der Waals surface area (Å²) in [6.07, 6.45) is 7.28. The predicted octanol–water partition coefficient (Wildman–Crippen LogP) is 3.54. The molecule has 1 aliphatic rings. The van der Waals surface area contributed by atoms with Crippen LogP contribution >= 0.6 is 23.4 Å². The van der Waals surface area contributed by atoms with E-state index in [1.54, 1.807) is 24.3 Å². The smallest absolute Gasteiger partial charge is 0.238 e. The van der Waals surface area contributed by atoms with E-state index in [1.165, 1.54) is 25.7 Å². The highest BCUT2D eigenvalue weighted by Gasteiger charge is 2.32. The first-order valence-electron chi connectivity index (χ1n) is 6.95. The molecular formula is C15H21ClN2OS. The molecule has 5 heteroatoms. The van der Waals surface area contributed by atoms with Crippen molar-refractivity contribution in [2.45, 2.75) is 30.4 Å². The summed E-state index contributed by atoms with van der Waals surface area (Å²) in [6.45, 7) is 1.26. The van der Waals surface area contributed by atoms with Crippen LogP contribution in [-0.4, -0.2) is 30.0 Å². The minimum absolute atomic E-state index is 0.0124. The summed E-state index contributed by atoms with van der Waals surface area (Å²) in [7, 11) is 0. The van der Waals surface area contributed by atoms with Gasteiger partial charge < -0.3 is 10.6 Å². The highest BCUT2D eigenvalue weighted by molar-refractivity contribution is 8.00. The molecule has 110 valence electrons. The number of thioether (sulfide) groups is 1. The summed E-state index contributed by atoms with van der Waals surface area (Å²) < 4.78 is 0.334. The van der Waals surface area contributed by atoms with Crippen molar-refractivity contribution in [2.24, 2.45) is 0 Å². The van der Waals surface area contributed by atoms with Crippen LogP contribution in [0.2, 0.25) is 5.02 Å². The van der Waals surface area contributed by atoms with Crippen molar-refractivity contribution >= 4 is 35.0 Å². The first-order chi connectivity index (χ1) is 9.63. The first kappa shape index (κ1) is 15.7. The molecule has 2 rings (SSSR count).